The highest BCUT2D eigenvalue weighted by atomic mass is 19.1. The molecule has 0 bridgehead atoms. The van der Waals surface area contributed by atoms with E-state index in [0.29, 0.717) is 6.42 Å². The van der Waals surface area contributed by atoms with Gasteiger partial charge >= 0.3 is 0 Å². The summed E-state index contributed by atoms with van der Waals surface area (Å²) in [6, 6.07) is 8.21. The fourth-order valence-corrected chi connectivity index (χ4v) is 2.79. The molecule has 1 heterocycles. The third kappa shape index (κ3) is 3.29. The number of hydrogen-bond acceptors (Lipinski definition) is 1. The Morgan fingerprint density at radius 3 is 2.71 bits per heavy atom. The molecule has 0 aromatic heterocycles. The summed E-state index contributed by atoms with van der Waals surface area (Å²) in [5, 5.41) is 3.29. The maximum Gasteiger partial charge on any atom is 0.115 e. The van der Waals surface area contributed by atoms with Crippen molar-refractivity contribution in [3.8, 4) is 0 Å². The van der Waals surface area contributed by atoms with Crippen LogP contribution in [0.15, 0.2) is 24.3 Å². The number of nitrogens with one attached hydrogen (secondary N) is 1. The van der Waals surface area contributed by atoms with Crippen LogP contribution in [0, 0.1) is 12.8 Å². The molecule has 0 spiro atoms. The van der Waals surface area contributed by atoms with Crippen LogP contribution in [0.1, 0.15) is 30.9 Å². The van der Waals surface area contributed by atoms with Gasteiger partial charge in [-0.3, -0.25) is 0 Å². The summed E-state index contributed by atoms with van der Waals surface area (Å²) in [5.74, 6) is 0.198. The second-order valence-electron chi connectivity index (χ2n) is 5.47. The molecule has 1 fully saturated rings. The van der Waals surface area contributed by atoms with E-state index < -0.39 is 5.67 Å². The lowest BCUT2D eigenvalue weighted by Crippen LogP contribution is -2.40. The van der Waals surface area contributed by atoms with Gasteiger partial charge in [0.05, 0.1) is 0 Å². The summed E-state index contributed by atoms with van der Waals surface area (Å²) < 4.78 is 14.8. The first-order valence-electron chi connectivity index (χ1n) is 6.53. The van der Waals surface area contributed by atoms with Crippen molar-refractivity contribution in [2.24, 2.45) is 5.92 Å². The minimum atomic E-state index is -1.07. The highest BCUT2D eigenvalue weighted by molar-refractivity contribution is 5.23. The summed E-state index contributed by atoms with van der Waals surface area (Å²) in [4.78, 5) is 0. The second-order valence-corrected chi connectivity index (χ2v) is 5.47. The van der Waals surface area contributed by atoms with Gasteiger partial charge in [0.25, 0.3) is 0 Å². The zero-order chi connectivity index (χ0) is 12.3. The molecule has 1 aromatic carbocycles. The van der Waals surface area contributed by atoms with Crippen molar-refractivity contribution < 1.29 is 4.39 Å². The van der Waals surface area contributed by atoms with E-state index >= 15 is 0 Å². The number of hydrogen-bond donors (Lipinski definition) is 1. The number of aryl methyl sites for hydroxylation is 1. The van der Waals surface area contributed by atoms with Gasteiger partial charge in [0.2, 0.25) is 0 Å². The van der Waals surface area contributed by atoms with Gasteiger partial charge in [-0.2, -0.15) is 0 Å². The highest BCUT2D eigenvalue weighted by Crippen LogP contribution is 2.32. The van der Waals surface area contributed by atoms with Gasteiger partial charge in [0, 0.05) is 6.42 Å². The number of halogens is 1. The van der Waals surface area contributed by atoms with Crippen molar-refractivity contribution in [1.82, 2.24) is 5.32 Å². The highest BCUT2D eigenvalue weighted by Gasteiger charge is 2.34. The first-order chi connectivity index (χ1) is 8.08. The lowest BCUT2D eigenvalue weighted by Gasteiger charge is -2.34. The van der Waals surface area contributed by atoms with E-state index in [4.69, 9.17) is 0 Å². The molecular weight excluding hydrogens is 213 g/mol. The number of rotatable bonds is 3. The van der Waals surface area contributed by atoms with Crippen molar-refractivity contribution in [2.75, 3.05) is 13.1 Å². The topological polar surface area (TPSA) is 12.0 Å². The molecule has 2 heteroatoms. The average Bonchev–Trinajstić information content (AvgIpc) is 2.29. The molecular formula is C15H22FN. The Bertz CT molecular complexity index is 367. The quantitative estimate of drug-likeness (QED) is 0.848. The largest absolute Gasteiger partial charge is 0.317 e. The van der Waals surface area contributed by atoms with Crippen molar-refractivity contribution >= 4 is 0 Å². The van der Waals surface area contributed by atoms with Crippen LogP contribution >= 0.6 is 0 Å². The molecule has 1 atom stereocenters. The van der Waals surface area contributed by atoms with Gasteiger partial charge in [-0.1, -0.05) is 29.8 Å². The number of piperidine rings is 1. The molecule has 1 saturated heterocycles. The smallest absolute Gasteiger partial charge is 0.115 e. The molecule has 1 unspecified atom stereocenters. The lowest BCUT2D eigenvalue weighted by atomic mass is 9.80. The molecule has 17 heavy (non-hydrogen) atoms. The molecule has 2 rings (SSSR count). The van der Waals surface area contributed by atoms with Crippen molar-refractivity contribution in [1.29, 1.82) is 0 Å². The summed E-state index contributed by atoms with van der Waals surface area (Å²) in [6.07, 6.45) is 2.46. The maximum absolute atomic E-state index is 14.8. The fourth-order valence-electron chi connectivity index (χ4n) is 2.79. The van der Waals surface area contributed by atoms with Crippen molar-refractivity contribution in [3.05, 3.63) is 35.4 Å². The lowest BCUT2D eigenvalue weighted by molar-refractivity contribution is 0.0796. The molecule has 94 valence electrons. The molecule has 0 saturated carbocycles. The molecule has 0 amide bonds. The van der Waals surface area contributed by atoms with Gasteiger partial charge in [-0.05, 0) is 51.3 Å². The summed E-state index contributed by atoms with van der Waals surface area (Å²) >= 11 is 0. The van der Waals surface area contributed by atoms with E-state index in [0.717, 1.165) is 31.5 Å². The zero-order valence-electron chi connectivity index (χ0n) is 10.8. The third-order valence-corrected chi connectivity index (χ3v) is 3.82. The Morgan fingerprint density at radius 1 is 1.35 bits per heavy atom. The van der Waals surface area contributed by atoms with Gasteiger partial charge in [0.1, 0.15) is 5.67 Å². The van der Waals surface area contributed by atoms with E-state index in [1.807, 2.05) is 12.1 Å². The van der Waals surface area contributed by atoms with E-state index in [-0.39, 0.29) is 5.92 Å². The molecule has 1 aliphatic heterocycles. The molecule has 1 aromatic rings. The summed E-state index contributed by atoms with van der Waals surface area (Å²) in [7, 11) is 0. The molecule has 0 radical (unpaired) electrons. The van der Waals surface area contributed by atoms with Crippen molar-refractivity contribution in [3.63, 3.8) is 0 Å². The van der Waals surface area contributed by atoms with Crippen LogP contribution in [0.25, 0.3) is 0 Å². The monoisotopic (exact) mass is 235 g/mol. The second kappa shape index (κ2) is 5.18. The molecule has 0 aliphatic carbocycles. The Morgan fingerprint density at radius 2 is 2.06 bits per heavy atom. The number of alkyl halides is 1. The standard InChI is InChI=1S/C15H22FN/c1-12-4-3-5-13(10-12)11-15(2,16)14-6-8-17-9-7-14/h3-5,10,14,17H,6-9,11H2,1-2H3. The van der Waals surface area contributed by atoms with Crippen LogP contribution in [0.2, 0.25) is 0 Å². The van der Waals surface area contributed by atoms with Crippen LogP contribution in [0.3, 0.4) is 0 Å². The van der Waals surface area contributed by atoms with E-state index in [1.54, 1.807) is 6.92 Å². The van der Waals surface area contributed by atoms with Crippen LogP contribution in [0.4, 0.5) is 4.39 Å². The maximum atomic E-state index is 14.8. The summed E-state index contributed by atoms with van der Waals surface area (Å²) in [6.45, 7) is 5.74. The predicted molar refractivity (Wildman–Crippen MR) is 70.0 cm³/mol. The van der Waals surface area contributed by atoms with Crippen LogP contribution in [-0.2, 0) is 6.42 Å². The normalized spacial score (nSPS) is 21.1. The van der Waals surface area contributed by atoms with E-state index in [2.05, 4.69) is 24.4 Å². The molecule has 1 nitrogen and oxygen atoms in total. The minimum Gasteiger partial charge on any atom is -0.317 e. The Labute approximate surface area is 103 Å². The SMILES string of the molecule is Cc1cccc(CC(C)(F)C2CCNCC2)c1. The van der Waals surface area contributed by atoms with Gasteiger partial charge in [0.15, 0.2) is 0 Å². The minimum absolute atomic E-state index is 0.198. The van der Waals surface area contributed by atoms with Crippen LogP contribution < -0.4 is 5.32 Å². The number of benzene rings is 1. The first kappa shape index (κ1) is 12.6. The van der Waals surface area contributed by atoms with Gasteiger partial charge in [-0.25, -0.2) is 4.39 Å². The first-order valence-corrected chi connectivity index (χ1v) is 6.53. The van der Waals surface area contributed by atoms with Crippen molar-refractivity contribution in [2.45, 2.75) is 38.8 Å². The average molecular weight is 235 g/mol. The molecule has 1 aliphatic rings. The van der Waals surface area contributed by atoms with E-state index in [9.17, 15) is 4.39 Å². The van der Waals surface area contributed by atoms with Crippen LogP contribution in [0.5, 0.6) is 0 Å². The van der Waals surface area contributed by atoms with Gasteiger partial charge in [-0.15, -0.1) is 0 Å². The summed E-state index contributed by atoms with van der Waals surface area (Å²) in [5.41, 5.74) is 1.26. The Balaban J connectivity index is 2.05. The molecule has 1 N–H and O–H groups in total. The Hall–Kier alpha value is -0.890. The zero-order valence-corrected chi connectivity index (χ0v) is 10.8. The predicted octanol–water partition coefficient (Wildman–Crippen LogP) is 3.27. The van der Waals surface area contributed by atoms with Crippen LogP contribution in [-0.4, -0.2) is 18.8 Å². The Kier molecular flexibility index (Phi) is 3.82. The van der Waals surface area contributed by atoms with Gasteiger partial charge < -0.3 is 5.32 Å². The van der Waals surface area contributed by atoms with E-state index in [1.165, 1.54) is 5.56 Å². The fraction of sp³-hybridized carbons (Fsp3) is 0.600. The third-order valence-electron chi connectivity index (χ3n) is 3.82.